The number of fused-ring (bicyclic) bond motifs is 1. The molecule has 1 unspecified atom stereocenters. The first-order valence-corrected chi connectivity index (χ1v) is 9.72. The number of oxime groups is 1. The van der Waals surface area contributed by atoms with Crippen molar-refractivity contribution in [2.75, 3.05) is 13.6 Å². The first-order chi connectivity index (χ1) is 11.7. The Bertz CT molecular complexity index is 766. The van der Waals surface area contributed by atoms with Gasteiger partial charge in [0.25, 0.3) is 0 Å². The number of likely N-dealkylation sites (N-methyl/N-ethyl adjacent to an activating group) is 1. The molecule has 2 fully saturated rings. The summed E-state index contributed by atoms with van der Waals surface area (Å²) in [5.41, 5.74) is 7.04. The van der Waals surface area contributed by atoms with E-state index in [1.54, 1.807) is 5.56 Å². The Kier molecular flexibility index (Phi) is 3.48. The topological polar surface area (TPSA) is 35.8 Å². The van der Waals surface area contributed by atoms with Crippen molar-refractivity contribution in [2.24, 2.45) is 16.0 Å². The lowest BCUT2D eigenvalue weighted by Gasteiger charge is -2.70. The van der Waals surface area contributed by atoms with Crippen LogP contribution < -0.4 is 0 Å². The van der Waals surface area contributed by atoms with Crippen LogP contribution in [0.4, 0.5) is 0 Å². The maximum Gasteiger partial charge on any atom is 0.0636 e. The molecular formula is C22H32N2O. The molecule has 0 radical (unpaired) electrons. The third kappa shape index (κ3) is 1.78. The molecule has 2 bridgehead atoms. The monoisotopic (exact) mass is 340 g/mol. The van der Waals surface area contributed by atoms with E-state index >= 15 is 0 Å². The molecule has 136 valence electrons. The molecule has 1 N–H and O–H groups in total. The molecule has 2 aliphatic carbocycles. The van der Waals surface area contributed by atoms with Crippen LogP contribution in [0.3, 0.4) is 0 Å². The maximum atomic E-state index is 9.80. The molecule has 1 aromatic rings. The molecule has 1 saturated heterocycles. The van der Waals surface area contributed by atoms with Crippen molar-refractivity contribution in [3.05, 3.63) is 34.4 Å². The third-order valence-corrected chi connectivity index (χ3v) is 8.53. The lowest BCUT2D eigenvalue weighted by atomic mass is 9.37. The van der Waals surface area contributed by atoms with Crippen molar-refractivity contribution in [3.63, 3.8) is 0 Å². The molecule has 3 aliphatic rings. The van der Waals surface area contributed by atoms with Crippen LogP contribution in [0.15, 0.2) is 17.3 Å². The summed E-state index contributed by atoms with van der Waals surface area (Å²) in [6, 6.07) is 5.22. The number of likely N-dealkylation sites (tertiary alicyclic amines) is 1. The lowest BCUT2D eigenvalue weighted by Crippen LogP contribution is -2.72. The summed E-state index contributed by atoms with van der Waals surface area (Å²) in [5, 5.41) is 13.6. The van der Waals surface area contributed by atoms with Crippen LogP contribution in [0.5, 0.6) is 0 Å². The van der Waals surface area contributed by atoms with Crippen molar-refractivity contribution < 1.29 is 5.21 Å². The second-order valence-electron chi connectivity index (χ2n) is 9.49. The van der Waals surface area contributed by atoms with Gasteiger partial charge in [0, 0.05) is 16.9 Å². The summed E-state index contributed by atoms with van der Waals surface area (Å²) in [5.74, 6) is 0. The van der Waals surface area contributed by atoms with E-state index in [0.29, 0.717) is 6.04 Å². The summed E-state index contributed by atoms with van der Waals surface area (Å²) in [7, 11) is 2.30. The van der Waals surface area contributed by atoms with Gasteiger partial charge in [-0.15, -0.1) is 0 Å². The average molecular weight is 341 g/mol. The van der Waals surface area contributed by atoms with Gasteiger partial charge < -0.3 is 10.1 Å². The van der Waals surface area contributed by atoms with E-state index in [1.807, 2.05) is 0 Å². The second-order valence-corrected chi connectivity index (χ2v) is 9.49. The van der Waals surface area contributed by atoms with E-state index in [4.69, 9.17) is 0 Å². The standard InChI is InChI=1S/C22H32N2O/c1-14-7-8-16-13-18-21(5)10-9-17(23-25)20(3,4)22(21,11-12-24(18)6)19(16)15(14)2/h7-8,18,25H,9-13H2,1-6H3/b23-17-/t18?,21-,22-/m0/s1. The van der Waals surface area contributed by atoms with Gasteiger partial charge in [0.05, 0.1) is 5.71 Å². The van der Waals surface area contributed by atoms with Crippen LogP contribution >= 0.6 is 0 Å². The fourth-order valence-corrected chi connectivity index (χ4v) is 7.02. The van der Waals surface area contributed by atoms with Gasteiger partial charge in [-0.1, -0.05) is 38.1 Å². The largest absolute Gasteiger partial charge is 0.411 e. The van der Waals surface area contributed by atoms with Crippen LogP contribution in [0, 0.1) is 24.7 Å². The Hall–Kier alpha value is -1.35. The number of hydrogen-bond acceptors (Lipinski definition) is 3. The zero-order valence-corrected chi connectivity index (χ0v) is 16.6. The molecule has 3 atom stereocenters. The minimum Gasteiger partial charge on any atom is -0.411 e. The van der Waals surface area contributed by atoms with Crippen molar-refractivity contribution in [1.82, 2.24) is 4.90 Å². The summed E-state index contributed by atoms with van der Waals surface area (Å²) in [6.07, 6.45) is 4.30. The number of benzene rings is 1. The molecule has 3 nitrogen and oxygen atoms in total. The first kappa shape index (κ1) is 17.1. The summed E-state index contributed by atoms with van der Waals surface area (Å²) >= 11 is 0. The van der Waals surface area contributed by atoms with Crippen molar-refractivity contribution >= 4 is 5.71 Å². The van der Waals surface area contributed by atoms with Gasteiger partial charge in [-0.3, -0.25) is 0 Å². The first-order valence-electron chi connectivity index (χ1n) is 9.72. The van der Waals surface area contributed by atoms with E-state index < -0.39 is 0 Å². The van der Waals surface area contributed by atoms with Gasteiger partial charge >= 0.3 is 0 Å². The zero-order chi connectivity index (χ0) is 18.2. The van der Waals surface area contributed by atoms with Crippen molar-refractivity contribution in [1.29, 1.82) is 0 Å². The van der Waals surface area contributed by atoms with E-state index in [9.17, 15) is 5.21 Å². The minimum atomic E-state index is -0.137. The molecule has 4 rings (SSSR count). The Labute approximate surface area is 152 Å². The molecule has 0 amide bonds. The summed E-state index contributed by atoms with van der Waals surface area (Å²) in [6.45, 7) is 12.9. The van der Waals surface area contributed by atoms with E-state index in [2.05, 4.69) is 63.9 Å². The van der Waals surface area contributed by atoms with Gasteiger partial charge in [-0.2, -0.15) is 0 Å². The lowest BCUT2D eigenvalue weighted by molar-refractivity contribution is -0.0991. The van der Waals surface area contributed by atoms with Crippen LogP contribution in [0.2, 0.25) is 0 Å². The molecule has 3 heteroatoms. The maximum absolute atomic E-state index is 9.80. The van der Waals surface area contributed by atoms with Crippen molar-refractivity contribution in [2.45, 2.75) is 71.8 Å². The number of piperidine rings is 1. The predicted octanol–water partition coefficient (Wildman–Crippen LogP) is 4.46. The highest BCUT2D eigenvalue weighted by molar-refractivity contribution is 5.92. The Morgan fingerprint density at radius 2 is 1.88 bits per heavy atom. The molecule has 0 spiro atoms. The Morgan fingerprint density at radius 3 is 2.56 bits per heavy atom. The van der Waals surface area contributed by atoms with Crippen LogP contribution in [-0.2, 0) is 11.8 Å². The van der Waals surface area contributed by atoms with Gasteiger partial charge in [0.2, 0.25) is 0 Å². The highest BCUT2D eigenvalue weighted by Crippen LogP contribution is 2.68. The second kappa shape index (κ2) is 5.09. The highest BCUT2D eigenvalue weighted by atomic mass is 16.4. The van der Waals surface area contributed by atoms with Gasteiger partial charge in [0.15, 0.2) is 0 Å². The summed E-state index contributed by atoms with van der Waals surface area (Å²) in [4.78, 5) is 2.59. The molecular weight excluding hydrogens is 308 g/mol. The van der Waals surface area contributed by atoms with Gasteiger partial charge in [-0.05, 0) is 80.8 Å². The molecule has 1 heterocycles. The number of hydrogen-bond donors (Lipinski definition) is 1. The fraction of sp³-hybridized carbons (Fsp3) is 0.682. The van der Waals surface area contributed by atoms with E-state index in [0.717, 1.165) is 37.9 Å². The van der Waals surface area contributed by atoms with Gasteiger partial charge in [0.1, 0.15) is 0 Å². The molecule has 1 aromatic carbocycles. The van der Waals surface area contributed by atoms with E-state index in [-0.39, 0.29) is 16.2 Å². The number of aryl methyl sites for hydroxylation is 1. The van der Waals surface area contributed by atoms with Gasteiger partial charge in [-0.25, -0.2) is 0 Å². The van der Waals surface area contributed by atoms with E-state index in [1.165, 1.54) is 16.7 Å². The number of rotatable bonds is 0. The molecule has 1 saturated carbocycles. The molecule has 25 heavy (non-hydrogen) atoms. The zero-order valence-electron chi connectivity index (χ0n) is 16.6. The summed E-state index contributed by atoms with van der Waals surface area (Å²) < 4.78 is 0. The Morgan fingerprint density at radius 1 is 1.16 bits per heavy atom. The highest BCUT2D eigenvalue weighted by Gasteiger charge is 2.69. The molecule has 1 aliphatic heterocycles. The van der Waals surface area contributed by atoms with Crippen LogP contribution in [-0.4, -0.2) is 35.5 Å². The fourth-order valence-electron chi connectivity index (χ4n) is 7.02. The Balaban J connectivity index is 2.11. The van der Waals surface area contributed by atoms with Crippen LogP contribution in [0.1, 0.15) is 62.3 Å². The average Bonchev–Trinajstić information content (AvgIpc) is 2.54. The normalized spacial score (nSPS) is 38.3. The predicted molar refractivity (Wildman–Crippen MR) is 103 cm³/mol. The van der Waals surface area contributed by atoms with Crippen LogP contribution in [0.25, 0.3) is 0 Å². The molecule has 0 aromatic heterocycles. The minimum absolute atomic E-state index is 0.0423. The smallest absolute Gasteiger partial charge is 0.0636 e. The van der Waals surface area contributed by atoms with Crippen molar-refractivity contribution in [3.8, 4) is 0 Å². The SMILES string of the molecule is Cc1ccc2c(c1C)[C@]13CCN(C)C(C2)[C@]1(C)CC/C(=N/O)C3(C)C. The quantitative estimate of drug-likeness (QED) is 0.559. The number of nitrogens with zero attached hydrogens (tertiary/aromatic N) is 2. The third-order valence-electron chi connectivity index (χ3n) is 8.53.